The molecular weight excluding hydrogens is 225 g/mol. The quantitative estimate of drug-likeness (QED) is 0.608. The van der Waals surface area contributed by atoms with E-state index in [-0.39, 0.29) is 5.02 Å². The topological polar surface area (TPSA) is 63.3 Å². The first kappa shape index (κ1) is 10.9. The van der Waals surface area contributed by atoms with Crippen LogP contribution in [-0.4, -0.2) is 11.1 Å². The van der Waals surface area contributed by atoms with Crippen molar-refractivity contribution < 1.29 is 9.90 Å². The molecule has 0 spiro atoms. The average Bonchev–Trinajstić information content (AvgIpc) is 2.10. The van der Waals surface area contributed by atoms with Gasteiger partial charge >= 0.3 is 5.97 Å². The molecular formula is C9H7Cl2NO2. The number of nitrogens with two attached hydrogens (primary N) is 1. The number of carbonyl (C=O) groups is 1. The van der Waals surface area contributed by atoms with E-state index < -0.39 is 5.97 Å². The Labute approximate surface area is 90.7 Å². The molecule has 0 aliphatic heterocycles. The summed E-state index contributed by atoms with van der Waals surface area (Å²) in [6.45, 7) is 0. The fraction of sp³-hybridized carbons (Fsp3) is 0. The summed E-state index contributed by atoms with van der Waals surface area (Å²) in [7, 11) is 0. The lowest BCUT2D eigenvalue weighted by molar-refractivity contribution is -0.131. The lowest BCUT2D eigenvalue weighted by Crippen LogP contribution is -1.89. The van der Waals surface area contributed by atoms with Gasteiger partial charge in [0, 0.05) is 6.08 Å². The lowest BCUT2D eigenvalue weighted by Gasteiger charge is -2.02. The number of carboxylic acid groups (broad SMARTS) is 1. The molecule has 3 nitrogen and oxygen atoms in total. The molecule has 1 aromatic rings. The number of nitrogen functional groups attached to an aromatic ring is 1. The van der Waals surface area contributed by atoms with E-state index in [2.05, 4.69) is 0 Å². The molecule has 0 aromatic heterocycles. The Morgan fingerprint density at radius 2 is 2.07 bits per heavy atom. The SMILES string of the molecule is Nc1cc(/C=C/C(=O)O)cc(Cl)c1Cl. The molecule has 14 heavy (non-hydrogen) atoms. The highest BCUT2D eigenvalue weighted by atomic mass is 35.5. The summed E-state index contributed by atoms with van der Waals surface area (Å²) in [5.74, 6) is -1.03. The Morgan fingerprint density at radius 3 is 2.57 bits per heavy atom. The average molecular weight is 232 g/mol. The number of aliphatic carboxylic acids is 1. The van der Waals surface area contributed by atoms with Crippen LogP contribution in [0.3, 0.4) is 0 Å². The minimum atomic E-state index is -1.03. The molecule has 0 heterocycles. The van der Waals surface area contributed by atoms with E-state index in [0.717, 1.165) is 6.08 Å². The summed E-state index contributed by atoms with van der Waals surface area (Å²) in [5.41, 5.74) is 6.45. The van der Waals surface area contributed by atoms with Crippen LogP contribution in [0.25, 0.3) is 6.08 Å². The molecule has 0 saturated heterocycles. The van der Waals surface area contributed by atoms with Crippen molar-refractivity contribution in [1.82, 2.24) is 0 Å². The van der Waals surface area contributed by atoms with Gasteiger partial charge in [0.15, 0.2) is 0 Å². The molecule has 3 N–H and O–H groups in total. The highest BCUT2D eigenvalue weighted by Gasteiger charge is 2.03. The predicted molar refractivity (Wildman–Crippen MR) is 57.5 cm³/mol. The van der Waals surface area contributed by atoms with Crippen molar-refractivity contribution >= 4 is 40.9 Å². The van der Waals surface area contributed by atoms with Gasteiger partial charge in [-0.05, 0) is 23.8 Å². The molecule has 0 aliphatic rings. The second-order valence-corrected chi connectivity index (χ2v) is 3.36. The van der Waals surface area contributed by atoms with Gasteiger partial charge in [0.1, 0.15) is 0 Å². The van der Waals surface area contributed by atoms with Crippen molar-refractivity contribution in [3.05, 3.63) is 33.8 Å². The zero-order chi connectivity index (χ0) is 10.7. The van der Waals surface area contributed by atoms with Crippen LogP contribution in [0.1, 0.15) is 5.56 Å². The zero-order valence-corrected chi connectivity index (χ0v) is 8.51. The second kappa shape index (κ2) is 4.35. The van der Waals surface area contributed by atoms with Crippen molar-refractivity contribution in [3.8, 4) is 0 Å². The van der Waals surface area contributed by atoms with Gasteiger partial charge in [-0.3, -0.25) is 0 Å². The third-order valence-corrected chi connectivity index (χ3v) is 2.31. The third kappa shape index (κ3) is 2.65. The molecule has 74 valence electrons. The van der Waals surface area contributed by atoms with Gasteiger partial charge in [-0.15, -0.1) is 0 Å². The second-order valence-electron chi connectivity index (χ2n) is 2.58. The van der Waals surface area contributed by atoms with Crippen LogP contribution in [0, 0.1) is 0 Å². The maximum Gasteiger partial charge on any atom is 0.328 e. The molecule has 1 aromatic carbocycles. The summed E-state index contributed by atoms with van der Waals surface area (Å²) in [6, 6.07) is 3.09. The molecule has 0 saturated carbocycles. The standard InChI is InChI=1S/C9H7Cl2NO2/c10-6-3-5(1-2-8(13)14)4-7(12)9(6)11/h1-4H,12H2,(H,13,14)/b2-1+. The minimum absolute atomic E-state index is 0.277. The molecule has 0 bridgehead atoms. The summed E-state index contributed by atoms with van der Waals surface area (Å²) in [4.78, 5) is 10.2. The van der Waals surface area contributed by atoms with Crippen LogP contribution < -0.4 is 5.73 Å². The number of halogens is 2. The van der Waals surface area contributed by atoms with E-state index in [4.69, 9.17) is 34.0 Å². The number of benzene rings is 1. The molecule has 0 aliphatic carbocycles. The third-order valence-electron chi connectivity index (χ3n) is 1.50. The zero-order valence-electron chi connectivity index (χ0n) is 7.00. The highest BCUT2D eigenvalue weighted by molar-refractivity contribution is 6.43. The van der Waals surface area contributed by atoms with Crippen molar-refractivity contribution in [2.24, 2.45) is 0 Å². The van der Waals surface area contributed by atoms with Gasteiger partial charge in [-0.2, -0.15) is 0 Å². The monoisotopic (exact) mass is 231 g/mol. The van der Waals surface area contributed by atoms with E-state index in [9.17, 15) is 4.79 Å². The van der Waals surface area contributed by atoms with E-state index in [1.807, 2.05) is 0 Å². The first-order chi connectivity index (χ1) is 6.50. The van der Waals surface area contributed by atoms with Crippen LogP contribution in [0.2, 0.25) is 10.0 Å². The predicted octanol–water partition coefficient (Wildman–Crippen LogP) is 2.67. The molecule has 0 radical (unpaired) electrons. The van der Waals surface area contributed by atoms with Crippen molar-refractivity contribution in [2.75, 3.05) is 5.73 Å². The number of anilines is 1. The lowest BCUT2D eigenvalue weighted by atomic mass is 10.2. The largest absolute Gasteiger partial charge is 0.478 e. The first-order valence-electron chi connectivity index (χ1n) is 3.66. The van der Waals surface area contributed by atoms with Gasteiger partial charge in [-0.1, -0.05) is 23.2 Å². The molecule has 1 rings (SSSR count). The fourth-order valence-electron chi connectivity index (χ4n) is 0.896. The Balaban J connectivity index is 3.07. The van der Waals surface area contributed by atoms with Crippen molar-refractivity contribution in [3.63, 3.8) is 0 Å². The summed E-state index contributed by atoms with van der Waals surface area (Å²) in [6.07, 6.45) is 2.39. The van der Waals surface area contributed by atoms with E-state index in [0.29, 0.717) is 16.3 Å². The van der Waals surface area contributed by atoms with Gasteiger partial charge in [-0.25, -0.2) is 4.79 Å². The van der Waals surface area contributed by atoms with E-state index in [1.54, 1.807) is 12.1 Å². The Morgan fingerprint density at radius 1 is 1.43 bits per heavy atom. The Hall–Kier alpha value is -1.19. The van der Waals surface area contributed by atoms with Gasteiger partial charge in [0.2, 0.25) is 0 Å². The summed E-state index contributed by atoms with van der Waals surface area (Å²) < 4.78 is 0. The molecule has 5 heteroatoms. The van der Waals surface area contributed by atoms with E-state index in [1.165, 1.54) is 6.08 Å². The Bertz CT molecular complexity index is 379. The van der Waals surface area contributed by atoms with Gasteiger partial charge in [0.05, 0.1) is 15.7 Å². The highest BCUT2D eigenvalue weighted by Crippen LogP contribution is 2.29. The molecule has 0 atom stereocenters. The molecule has 0 amide bonds. The van der Waals surface area contributed by atoms with Crippen LogP contribution in [-0.2, 0) is 4.79 Å². The van der Waals surface area contributed by atoms with Crippen LogP contribution in [0.15, 0.2) is 18.2 Å². The number of hydrogen-bond donors (Lipinski definition) is 2. The van der Waals surface area contributed by atoms with Gasteiger partial charge in [0.25, 0.3) is 0 Å². The van der Waals surface area contributed by atoms with Crippen molar-refractivity contribution in [2.45, 2.75) is 0 Å². The number of carboxylic acids is 1. The van der Waals surface area contributed by atoms with Crippen molar-refractivity contribution in [1.29, 1.82) is 0 Å². The Kier molecular flexibility index (Phi) is 3.38. The van der Waals surface area contributed by atoms with Crippen LogP contribution >= 0.6 is 23.2 Å². The molecule has 0 fully saturated rings. The number of hydrogen-bond acceptors (Lipinski definition) is 2. The van der Waals surface area contributed by atoms with Gasteiger partial charge < -0.3 is 10.8 Å². The summed E-state index contributed by atoms with van der Waals surface area (Å²) >= 11 is 11.5. The summed E-state index contributed by atoms with van der Waals surface area (Å²) in [5, 5.41) is 8.97. The molecule has 0 unspecified atom stereocenters. The first-order valence-corrected chi connectivity index (χ1v) is 4.42. The van der Waals surface area contributed by atoms with E-state index >= 15 is 0 Å². The normalized spacial score (nSPS) is 10.7. The van der Waals surface area contributed by atoms with Crippen LogP contribution in [0.5, 0.6) is 0 Å². The number of rotatable bonds is 2. The maximum atomic E-state index is 10.2. The smallest absolute Gasteiger partial charge is 0.328 e. The van der Waals surface area contributed by atoms with Crippen LogP contribution in [0.4, 0.5) is 5.69 Å². The maximum absolute atomic E-state index is 10.2. The fourth-order valence-corrected chi connectivity index (χ4v) is 1.24. The minimum Gasteiger partial charge on any atom is -0.478 e.